The highest BCUT2D eigenvalue weighted by Gasteiger charge is 2.37. The number of nitrogens with zero attached hydrogens (tertiary/aromatic N) is 3. The van der Waals surface area contributed by atoms with E-state index < -0.39 is 11.6 Å². The predicted molar refractivity (Wildman–Crippen MR) is 164 cm³/mol. The molecule has 2 aromatic heterocycles. The number of hydrogen-bond donors (Lipinski definition) is 1. The largest absolute Gasteiger partial charge is 0.460 e. The highest BCUT2D eigenvalue weighted by molar-refractivity contribution is 9.10. The third kappa shape index (κ3) is 8.23. The van der Waals surface area contributed by atoms with Crippen LogP contribution in [-0.2, 0) is 26.2 Å². The van der Waals surface area contributed by atoms with Crippen LogP contribution in [0.3, 0.4) is 0 Å². The van der Waals surface area contributed by atoms with Crippen molar-refractivity contribution >= 4 is 45.1 Å². The fraction of sp³-hybridized carbons (Fsp3) is 0.452. The molecule has 1 aromatic carbocycles. The van der Waals surface area contributed by atoms with Crippen molar-refractivity contribution < 1.29 is 19.1 Å². The Bertz CT molecular complexity index is 1390. The molecular weight excluding hydrogens is 604 g/mol. The monoisotopic (exact) mass is 640 g/mol. The van der Waals surface area contributed by atoms with E-state index in [4.69, 9.17) is 4.74 Å². The van der Waals surface area contributed by atoms with E-state index in [1.165, 1.54) is 11.3 Å². The minimum atomic E-state index is -0.796. The van der Waals surface area contributed by atoms with Gasteiger partial charge in [0.2, 0.25) is 5.91 Å². The number of aromatic nitrogens is 2. The van der Waals surface area contributed by atoms with Gasteiger partial charge in [-0.3, -0.25) is 14.4 Å². The lowest BCUT2D eigenvalue weighted by Crippen LogP contribution is -2.49. The molecule has 8 nitrogen and oxygen atoms in total. The number of carbonyl (C=O) groups excluding carboxylic acids is 3. The number of halogens is 1. The van der Waals surface area contributed by atoms with Crippen LogP contribution in [0.5, 0.6) is 0 Å². The van der Waals surface area contributed by atoms with Crippen LogP contribution >= 0.6 is 27.3 Å². The van der Waals surface area contributed by atoms with Gasteiger partial charge in [-0.15, -0.1) is 11.3 Å². The first kappa shape index (κ1) is 30.8. The Balaban J connectivity index is 1.52. The minimum Gasteiger partial charge on any atom is -0.460 e. The van der Waals surface area contributed by atoms with Crippen LogP contribution in [0.4, 0.5) is 0 Å². The topological polar surface area (TPSA) is 101 Å². The van der Waals surface area contributed by atoms with Crippen LogP contribution in [0, 0.1) is 5.92 Å². The average molecular weight is 642 g/mol. The molecule has 2 amide bonds. The van der Waals surface area contributed by atoms with E-state index in [0.717, 1.165) is 20.5 Å². The normalized spacial score (nSPS) is 16.4. The molecule has 10 heteroatoms. The molecule has 1 fully saturated rings. The Kier molecular flexibility index (Phi) is 9.33. The minimum absolute atomic E-state index is 0.0784. The van der Waals surface area contributed by atoms with Crippen molar-refractivity contribution in [2.75, 3.05) is 13.1 Å². The number of ether oxygens (including phenoxy) is 1. The number of nitrogens with one attached hydrogen (secondary N) is 1. The first-order chi connectivity index (χ1) is 19.2. The zero-order valence-electron chi connectivity index (χ0n) is 24.4. The van der Waals surface area contributed by atoms with Crippen molar-refractivity contribution in [3.05, 3.63) is 68.6 Å². The number of rotatable bonds is 7. The third-order valence-electron chi connectivity index (χ3n) is 6.68. The molecule has 1 aliphatic rings. The highest BCUT2D eigenvalue weighted by atomic mass is 79.9. The summed E-state index contributed by atoms with van der Waals surface area (Å²) >= 11 is 4.78. The summed E-state index contributed by atoms with van der Waals surface area (Å²) in [4.78, 5) is 51.8. The number of likely N-dealkylation sites (tertiary alicyclic amines) is 1. The highest BCUT2D eigenvalue weighted by Crippen LogP contribution is 2.30. The van der Waals surface area contributed by atoms with E-state index in [0.29, 0.717) is 30.1 Å². The molecule has 41 heavy (non-hydrogen) atoms. The van der Waals surface area contributed by atoms with Gasteiger partial charge < -0.3 is 15.0 Å². The maximum Gasteiger partial charge on any atom is 0.311 e. The number of amides is 2. The molecule has 0 radical (unpaired) electrons. The van der Waals surface area contributed by atoms with Crippen LogP contribution < -0.4 is 5.32 Å². The molecule has 1 N–H and O–H groups in total. The van der Waals surface area contributed by atoms with E-state index >= 15 is 0 Å². The van der Waals surface area contributed by atoms with Crippen molar-refractivity contribution in [2.45, 2.75) is 71.4 Å². The molecular formula is C31H37BrN4O4S. The van der Waals surface area contributed by atoms with Gasteiger partial charge in [-0.05, 0) is 66.2 Å². The van der Waals surface area contributed by atoms with Crippen molar-refractivity contribution in [3.63, 3.8) is 0 Å². The first-order valence-electron chi connectivity index (χ1n) is 13.7. The van der Waals surface area contributed by atoms with Gasteiger partial charge in [-0.25, -0.2) is 9.97 Å². The Morgan fingerprint density at radius 2 is 1.71 bits per heavy atom. The fourth-order valence-electron chi connectivity index (χ4n) is 4.54. The smallest absolute Gasteiger partial charge is 0.311 e. The van der Waals surface area contributed by atoms with Crippen LogP contribution in [0.25, 0.3) is 11.4 Å². The second-order valence-corrected chi connectivity index (χ2v) is 14.4. The van der Waals surface area contributed by atoms with Gasteiger partial charge in [0, 0.05) is 42.3 Å². The number of esters is 1. The lowest BCUT2D eigenvalue weighted by molar-refractivity contribution is -0.159. The van der Waals surface area contributed by atoms with Crippen LogP contribution in [0.1, 0.15) is 68.1 Å². The van der Waals surface area contributed by atoms with E-state index in [1.807, 2.05) is 57.2 Å². The van der Waals surface area contributed by atoms with Crippen LogP contribution in [0.15, 0.2) is 53.3 Å². The first-order valence-corrected chi connectivity index (χ1v) is 15.3. The molecule has 0 spiro atoms. The summed E-state index contributed by atoms with van der Waals surface area (Å²) in [5, 5.41) is 2.99. The summed E-state index contributed by atoms with van der Waals surface area (Å²) < 4.78 is 6.35. The maximum absolute atomic E-state index is 13.8. The van der Waals surface area contributed by atoms with Crippen molar-refractivity contribution in [1.82, 2.24) is 20.2 Å². The van der Waals surface area contributed by atoms with Crippen molar-refractivity contribution in [2.24, 2.45) is 5.92 Å². The standard InChI is InChI=1S/C31H37BrN4O4S/c1-30(2,3)25-12-11-24(41-25)27(37)35-23(28(38)36-14-13-21(18-36)29(39)40-31(4,5)6)15-19-7-9-20(10-8-19)26-33-16-22(32)17-34-26/h7-12,16-17,21,23H,13-15,18H2,1-6H3,(H,35,37)/t21-,23-/m0/s1. The molecule has 0 unspecified atom stereocenters. The summed E-state index contributed by atoms with van der Waals surface area (Å²) in [7, 11) is 0. The zero-order valence-corrected chi connectivity index (χ0v) is 26.8. The summed E-state index contributed by atoms with van der Waals surface area (Å²) in [6, 6.07) is 10.6. The summed E-state index contributed by atoms with van der Waals surface area (Å²) in [5.41, 5.74) is 1.06. The zero-order chi connectivity index (χ0) is 29.9. The second kappa shape index (κ2) is 12.4. The Morgan fingerprint density at radius 3 is 2.29 bits per heavy atom. The van der Waals surface area contributed by atoms with Crippen LogP contribution in [0.2, 0.25) is 0 Å². The van der Waals surface area contributed by atoms with Crippen LogP contribution in [-0.4, -0.2) is 57.4 Å². The van der Waals surface area contributed by atoms with Gasteiger partial charge in [0.25, 0.3) is 5.91 Å². The molecule has 2 atom stereocenters. The van der Waals surface area contributed by atoms with Gasteiger partial charge >= 0.3 is 5.97 Å². The lowest BCUT2D eigenvalue weighted by Gasteiger charge is -2.25. The van der Waals surface area contributed by atoms with Crippen molar-refractivity contribution in [3.8, 4) is 11.4 Å². The van der Waals surface area contributed by atoms with E-state index in [1.54, 1.807) is 17.3 Å². The Hall–Kier alpha value is -3.11. The van der Waals surface area contributed by atoms with Gasteiger partial charge in [0.1, 0.15) is 11.6 Å². The van der Waals surface area contributed by atoms with Gasteiger partial charge in [0.05, 0.1) is 15.3 Å². The molecule has 218 valence electrons. The number of hydrogen-bond acceptors (Lipinski definition) is 7. The third-order valence-corrected chi connectivity index (χ3v) is 8.60. The van der Waals surface area contributed by atoms with E-state index in [9.17, 15) is 14.4 Å². The number of benzene rings is 1. The molecule has 3 heterocycles. The Labute approximate surface area is 254 Å². The SMILES string of the molecule is CC(C)(C)OC(=O)[C@H]1CCN(C(=O)[C@H](Cc2ccc(-c3ncc(Br)cn3)cc2)NC(=O)c2ccc(C(C)(C)C)s2)C1. The number of thiophene rings is 1. The number of carbonyl (C=O) groups is 3. The van der Waals surface area contributed by atoms with Gasteiger partial charge in [0.15, 0.2) is 5.82 Å². The lowest BCUT2D eigenvalue weighted by atomic mass is 9.95. The van der Waals surface area contributed by atoms with Gasteiger partial charge in [-0.2, -0.15) is 0 Å². The molecule has 0 aliphatic carbocycles. The average Bonchev–Trinajstić information content (AvgIpc) is 3.59. The molecule has 4 rings (SSSR count). The molecule has 0 bridgehead atoms. The summed E-state index contributed by atoms with van der Waals surface area (Å²) in [6.07, 6.45) is 4.22. The Morgan fingerprint density at radius 1 is 1.05 bits per heavy atom. The second-order valence-electron chi connectivity index (χ2n) is 12.4. The summed E-state index contributed by atoms with van der Waals surface area (Å²) in [5.74, 6) is -0.582. The predicted octanol–water partition coefficient (Wildman–Crippen LogP) is 5.80. The quantitative estimate of drug-likeness (QED) is 0.328. The molecule has 1 saturated heterocycles. The fourth-order valence-corrected chi connectivity index (χ4v) is 5.71. The van der Waals surface area contributed by atoms with E-state index in [-0.39, 0.29) is 35.7 Å². The maximum atomic E-state index is 13.8. The molecule has 1 aliphatic heterocycles. The molecule has 0 saturated carbocycles. The molecule has 3 aromatic rings. The summed E-state index contributed by atoms with van der Waals surface area (Å²) in [6.45, 7) is 12.5. The van der Waals surface area contributed by atoms with Crippen molar-refractivity contribution in [1.29, 1.82) is 0 Å². The van der Waals surface area contributed by atoms with Gasteiger partial charge in [-0.1, -0.05) is 45.0 Å². The van der Waals surface area contributed by atoms with E-state index in [2.05, 4.69) is 52.0 Å².